The maximum atomic E-state index is 6.05. The topological polar surface area (TPSA) is 48.9 Å². The number of rotatable bonds is 10. The van der Waals surface area contributed by atoms with Crippen molar-refractivity contribution in [2.75, 3.05) is 39.5 Å². The van der Waals surface area contributed by atoms with E-state index >= 15 is 0 Å². The SMILES string of the molecule is CCN(CC)CCOc1ccccc1CNC(=NC)NC1CCC(SC)C1.I. The van der Waals surface area contributed by atoms with Crippen molar-refractivity contribution < 1.29 is 4.74 Å². The Hall–Kier alpha value is -0.670. The minimum atomic E-state index is 0. The third kappa shape index (κ3) is 8.37. The molecule has 0 bridgehead atoms. The summed E-state index contributed by atoms with van der Waals surface area (Å²) in [5.74, 6) is 1.83. The lowest BCUT2D eigenvalue weighted by atomic mass is 10.2. The van der Waals surface area contributed by atoms with Crippen molar-refractivity contribution >= 4 is 41.7 Å². The van der Waals surface area contributed by atoms with Crippen molar-refractivity contribution in [2.45, 2.75) is 50.9 Å². The van der Waals surface area contributed by atoms with Gasteiger partial charge in [-0.05, 0) is 44.7 Å². The molecule has 0 aromatic heterocycles. The van der Waals surface area contributed by atoms with E-state index < -0.39 is 0 Å². The molecule has 0 saturated heterocycles. The summed E-state index contributed by atoms with van der Waals surface area (Å²) >= 11 is 1.98. The van der Waals surface area contributed by atoms with Gasteiger partial charge in [-0.3, -0.25) is 4.99 Å². The van der Waals surface area contributed by atoms with Crippen molar-refractivity contribution in [3.8, 4) is 5.75 Å². The number of nitrogens with one attached hydrogen (secondary N) is 2. The molecule has 2 rings (SSSR count). The van der Waals surface area contributed by atoms with E-state index in [0.717, 1.165) is 42.2 Å². The summed E-state index contributed by atoms with van der Waals surface area (Å²) in [6.07, 6.45) is 5.93. The molecule has 2 atom stereocenters. The highest BCUT2D eigenvalue weighted by atomic mass is 127. The van der Waals surface area contributed by atoms with Gasteiger partial charge in [-0.1, -0.05) is 32.0 Å². The third-order valence-corrected chi connectivity index (χ3v) is 6.36. The Morgan fingerprint density at radius 1 is 1.25 bits per heavy atom. The van der Waals surface area contributed by atoms with E-state index in [1.54, 1.807) is 0 Å². The highest BCUT2D eigenvalue weighted by Crippen LogP contribution is 2.28. The first-order chi connectivity index (χ1) is 13.2. The molecule has 2 N–H and O–H groups in total. The van der Waals surface area contributed by atoms with Gasteiger partial charge in [0.05, 0.1) is 0 Å². The number of para-hydroxylation sites is 1. The highest BCUT2D eigenvalue weighted by molar-refractivity contribution is 14.0. The van der Waals surface area contributed by atoms with Gasteiger partial charge in [0, 0.05) is 37.0 Å². The fourth-order valence-corrected chi connectivity index (χ4v) is 4.26. The number of likely N-dealkylation sites (N-methyl/N-ethyl adjacent to an activating group) is 1. The van der Waals surface area contributed by atoms with Gasteiger partial charge in [0.15, 0.2) is 5.96 Å². The summed E-state index contributed by atoms with van der Waals surface area (Å²) < 4.78 is 6.05. The molecular formula is C21H37IN4OS. The van der Waals surface area contributed by atoms with E-state index in [1.165, 1.54) is 19.3 Å². The van der Waals surface area contributed by atoms with E-state index in [-0.39, 0.29) is 24.0 Å². The summed E-state index contributed by atoms with van der Waals surface area (Å²) in [6.45, 7) is 8.87. The van der Waals surface area contributed by atoms with Crippen LogP contribution < -0.4 is 15.4 Å². The summed E-state index contributed by atoms with van der Waals surface area (Å²) in [5.41, 5.74) is 1.16. The summed E-state index contributed by atoms with van der Waals surface area (Å²) in [4.78, 5) is 6.77. The van der Waals surface area contributed by atoms with Crippen molar-refractivity contribution in [3.63, 3.8) is 0 Å². The van der Waals surface area contributed by atoms with Crippen LogP contribution in [0.5, 0.6) is 5.75 Å². The van der Waals surface area contributed by atoms with E-state index in [4.69, 9.17) is 4.74 Å². The van der Waals surface area contributed by atoms with E-state index in [1.807, 2.05) is 24.9 Å². The fourth-order valence-electron chi connectivity index (χ4n) is 3.47. The normalized spacial score (nSPS) is 19.4. The predicted octanol–water partition coefficient (Wildman–Crippen LogP) is 3.97. The average Bonchev–Trinajstić information content (AvgIpc) is 3.17. The monoisotopic (exact) mass is 520 g/mol. The second-order valence-electron chi connectivity index (χ2n) is 6.92. The van der Waals surface area contributed by atoms with Crippen LogP contribution in [-0.2, 0) is 6.54 Å². The van der Waals surface area contributed by atoms with Crippen molar-refractivity contribution in [3.05, 3.63) is 29.8 Å². The molecule has 1 aliphatic carbocycles. The number of hydrogen-bond donors (Lipinski definition) is 2. The average molecular weight is 521 g/mol. The lowest BCUT2D eigenvalue weighted by molar-refractivity contribution is 0.221. The molecular weight excluding hydrogens is 483 g/mol. The molecule has 0 radical (unpaired) electrons. The van der Waals surface area contributed by atoms with Gasteiger partial charge in [-0.2, -0.15) is 11.8 Å². The zero-order valence-corrected chi connectivity index (χ0v) is 20.9. The highest BCUT2D eigenvalue weighted by Gasteiger charge is 2.24. The number of benzene rings is 1. The Kier molecular flexibility index (Phi) is 13.0. The third-order valence-electron chi connectivity index (χ3n) is 5.26. The minimum Gasteiger partial charge on any atom is -0.492 e. The van der Waals surface area contributed by atoms with Crippen LogP contribution in [-0.4, -0.2) is 61.7 Å². The lowest BCUT2D eigenvalue weighted by Gasteiger charge is -2.20. The Balaban J connectivity index is 0.00000392. The fraction of sp³-hybridized carbons (Fsp3) is 0.667. The van der Waals surface area contributed by atoms with Crippen LogP contribution in [0.15, 0.2) is 29.3 Å². The number of nitrogens with zero attached hydrogens (tertiary/aromatic N) is 2. The Bertz CT molecular complexity index is 583. The molecule has 5 nitrogen and oxygen atoms in total. The molecule has 0 amide bonds. The van der Waals surface area contributed by atoms with Crippen molar-refractivity contribution in [1.82, 2.24) is 15.5 Å². The second kappa shape index (κ2) is 14.3. The van der Waals surface area contributed by atoms with Crippen molar-refractivity contribution in [1.29, 1.82) is 0 Å². The molecule has 2 unspecified atom stereocenters. The number of hydrogen-bond acceptors (Lipinski definition) is 4. The zero-order chi connectivity index (χ0) is 19.5. The van der Waals surface area contributed by atoms with Crippen LogP contribution in [0.4, 0.5) is 0 Å². The molecule has 1 fully saturated rings. The lowest BCUT2D eigenvalue weighted by Crippen LogP contribution is -2.42. The number of halogens is 1. The van der Waals surface area contributed by atoms with Crippen LogP contribution in [0.1, 0.15) is 38.7 Å². The first kappa shape index (κ1) is 25.4. The standard InChI is InChI=1S/C21H36N4OS.HI/c1-5-25(6-2)13-14-26-20-10-8-7-9-17(20)16-23-21(22-3)24-18-11-12-19(15-18)27-4;/h7-10,18-19H,5-6,11-16H2,1-4H3,(H2,22,23,24);1H. The molecule has 28 heavy (non-hydrogen) atoms. The van der Waals surface area contributed by atoms with Crippen LogP contribution in [0, 0.1) is 0 Å². The number of thioether (sulfide) groups is 1. The van der Waals surface area contributed by atoms with E-state index in [2.05, 4.69) is 58.8 Å². The van der Waals surface area contributed by atoms with Gasteiger partial charge in [-0.15, -0.1) is 24.0 Å². The number of guanidine groups is 1. The van der Waals surface area contributed by atoms with Crippen LogP contribution >= 0.6 is 35.7 Å². The molecule has 0 spiro atoms. The molecule has 1 aliphatic rings. The molecule has 0 heterocycles. The largest absolute Gasteiger partial charge is 0.492 e. The van der Waals surface area contributed by atoms with Gasteiger partial charge < -0.3 is 20.3 Å². The quantitative estimate of drug-likeness (QED) is 0.278. The van der Waals surface area contributed by atoms with Gasteiger partial charge in [0.1, 0.15) is 12.4 Å². The zero-order valence-electron chi connectivity index (χ0n) is 17.7. The predicted molar refractivity (Wildman–Crippen MR) is 133 cm³/mol. The minimum absolute atomic E-state index is 0. The maximum Gasteiger partial charge on any atom is 0.191 e. The number of aliphatic imine (C=N–C) groups is 1. The molecule has 1 aromatic carbocycles. The Morgan fingerprint density at radius 3 is 2.64 bits per heavy atom. The van der Waals surface area contributed by atoms with Crippen molar-refractivity contribution in [2.24, 2.45) is 4.99 Å². The van der Waals surface area contributed by atoms with Crippen LogP contribution in [0.3, 0.4) is 0 Å². The second-order valence-corrected chi connectivity index (χ2v) is 8.06. The van der Waals surface area contributed by atoms with Crippen LogP contribution in [0.2, 0.25) is 0 Å². The Labute approximate surface area is 192 Å². The molecule has 1 aromatic rings. The summed E-state index contributed by atoms with van der Waals surface area (Å²) in [5, 5.41) is 7.80. The molecule has 1 saturated carbocycles. The Morgan fingerprint density at radius 2 is 2.00 bits per heavy atom. The van der Waals surface area contributed by atoms with E-state index in [0.29, 0.717) is 19.2 Å². The first-order valence-electron chi connectivity index (χ1n) is 10.1. The summed E-state index contributed by atoms with van der Waals surface area (Å²) in [7, 11) is 1.84. The van der Waals surface area contributed by atoms with Gasteiger partial charge >= 0.3 is 0 Å². The maximum absolute atomic E-state index is 6.05. The van der Waals surface area contributed by atoms with E-state index in [9.17, 15) is 0 Å². The molecule has 0 aliphatic heterocycles. The first-order valence-corrected chi connectivity index (χ1v) is 11.4. The smallest absolute Gasteiger partial charge is 0.191 e. The number of ether oxygens (including phenoxy) is 1. The van der Waals surface area contributed by atoms with Gasteiger partial charge in [-0.25, -0.2) is 0 Å². The van der Waals surface area contributed by atoms with Gasteiger partial charge in [0.25, 0.3) is 0 Å². The molecule has 160 valence electrons. The molecule has 7 heteroatoms. The van der Waals surface area contributed by atoms with Crippen LogP contribution in [0.25, 0.3) is 0 Å². The van der Waals surface area contributed by atoms with Gasteiger partial charge in [0.2, 0.25) is 0 Å². The summed E-state index contributed by atoms with van der Waals surface area (Å²) in [6, 6.07) is 8.78.